The number of hydrogen-bond acceptors (Lipinski definition) is 5. The molecule has 1 saturated heterocycles. The summed E-state index contributed by atoms with van der Waals surface area (Å²) in [4.78, 5) is 51.1. The lowest BCUT2D eigenvalue weighted by atomic mass is 9.85. The number of nitrogens with zero attached hydrogens (tertiary/aromatic N) is 1. The standard InChI is InChI=1S/C21H23ClN2O5/c1-11-8-9-14(22)10-17(11)23-18(25)13(3)29-21(28)12(2)24-19(26)15-6-4-5-7-16(15)20(24)27/h4-5,8-10,12-13,15-16H,6-7H2,1-3H3,(H,23,25)/t12-,13+,15-,16-/m0/s1. The minimum atomic E-state index is -1.11. The quantitative estimate of drug-likeness (QED) is 0.451. The van der Waals surface area contributed by atoms with E-state index in [1.807, 2.05) is 19.1 Å². The predicted molar refractivity (Wildman–Crippen MR) is 107 cm³/mol. The van der Waals surface area contributed by atoms with E-state index < -0.39 is 35.9 Å². The number of imide groups is 1. The molecule has 1 N–H and O–H groups in total. The highest BCUT2D eigenvalue weighted by Crippen LogP contribution is 2.36. The van der Waals surface area contributed by atoms with E-state index in [0.717, 1.165) is 10.5 Å². The van der Waals surface area contributed by atoms with Crippen molar-refractivity contribution < 1.29 is 23.9 Å². The molecule has 29 heavy (non-hydrogen) atoms. The van der Waals surface area contributed by atoms with E-state index in [9.17, 15) is 19.2 Å². The van der Waals surface area contributed by atoms with Crippen molar-refractivity contribution in [2.24, 2.45) is 11.8 Å². The summed E-state index contributed by atoms with van der Waals surface area (Å²) in [5.41, 5.74) is 1.32. The Morgan fingerprint density at radius 3 is 2.31 bits per heavy atom. The molecule has 0 aromatic heterocycles. The zero-order chi connectivity index (χ0) is 21.3. The third-order valence-corrected chi connectivity index (χ3v) is 5.62. The van der Waals surface area contributed by atoms with Crippen LogP contribution >= 0.6 is 11.6 Å². The Balaban J connectivity index is 1.63. The Morgan fingerprint density at radius 1 is 1.14 bits per heavy atom. The topological polar surface area (TPSA) is 92.8 Å². The van der Waals surface area contributed by atoms with Gasteiger partial charge in [0.1, 0.15) is 6.04 Å². The smallest absolute Gasteiger partial charge is 0.329 e. The number of carbonyl (C=O) groups excluding carboxylic acids is 4. The van der Waals surface area contributed by atoms with Crippen molar-refractivity contribution in [1.82, 2.24) is 4.90 Å². The number of esters is 1. The first kappa shape index (κ1) is 21.0. The first-order valence-corrected chi connectivity index (χ1v) is 9.88. The second kappa shape index (κ2) is 8.37. The van der Waals surface area contributed by atoms with Crippen molar-refractivity contribution in [2.75, 3.05) is 5.32 Å². The molecule has 2 aliphatic rings. The minimum absolute atomic E-state index is 0.361. The predicted octanol–water partition coefficient (Wildman–Crippen LogP) is 2.86. The highest BCUT2D eigenvalue weighted by atomic mass is 35.5. The summed E-state index contributed by atoms with van der Waals surface area (Å²) < 4.78 is 5.23. The van der Waals surface area contributed by atoms with Gasteiger partial charge in [0.25, 0.3) is 5.91 Å². The van der Waals surface area contributed by atoms with Crippen molar-refractivity contribution in [3.63, 3.8) is 0 Å². The molecule has 8 heteroatoms. The van der Waals surface area contributed by atoms with E-state index in [-0.39, 0.29) is 11.8 Å². The van der Waals surface area contributed by atoms with Crippen LogP contribution in [0.3, 0.4) is 0 Å². The maximum Gasteiger partial charge on any atom is 0.329 e. The molecule has 0 saturated carbocycles. The number of rotatable bonds is 5. The van der Waals surface area contributed by atoms with Crippen molar-refractivity contribution in [2.45, 2.75) is 45.8 Å². The summed E-state index contributed by atoms with van der Waals surface area (Å²) in [6.07, 6.45) is 3.63. The average molecular weight is 419 g/mol. The summed E-state index contributed by atoms with van der Waals surface area (Å²) >= 11 is 5.95. The lowest BCUT2D eigenvalue weighted by Gasteiger charge is -2.23. The first-order valence-electron chi connectivity index (χ1n) is 9.50. The van der Waals surface area contributed by atoms with Crippen LogP contribution in [0.2, 0.25) is 5.02 Å². The Bertz CT molecular complexity index is 871. The van der Waals surface area contributed by atoms with Crippen LogP contribution in [0.4, 0.5) is 5.69 Å². The molecule has 1 heterocycles. The molecule has 7 nitrogen and oxygen atoms in total. The summed E-state index contributed by atoms with van der Waals surface area (Å²) in [6, 6.07) is 3.97. The zero-order valence-electron chi connectivity index (χ0n) is 16.5. The molecule has 3 amide bonds. The fraction of sp³-hybridized carbons (Fsp3) is 0.429. The number of allylic oxidation sites excluding steroid dienone is 2. The van der Waals surface area contributed by atoms with E-state index in [0.29, 0.717) is 23.6 Å². The number of anilines is 1. The molecule has 0 bridgehead atoms. The van der Waals surface area contributed by atoms with Crippen LogP contribution in [0.1, 0.15) is 32.3 Å². The largest absolute Gasteiger partial charge is 0.451 e. The first-order chi connectivity index (χ1) is 13.7. The fourth-order valence-corrected chi connectivity index (χ4v) is 3.77. The van der Waals surface area contributed by atoms with E-state index >= 15 is 0 Å². The van der Waals surface area contributed by atoms with Crippen LogP contribution in [-0.4, -0.2) is 40.7 Å². The number of amides is 3. The molecule has 1 aliphatic carbocycles. The Kier molecular flexibility index (Phi) is 6.07. The van der Waals surface area contributed by atoms with Crippen LogP contribution in [-0.2, 0) is 23.9 Å². The number of nitrogens with one attached hydrogen (secondary N) is 1. The van der Waals surface area contributed by atoms with Gasteiger partial charge in [0.15, 0.2) is 6.10 Å². The van der Waals surface area contributed by atoms with Gasteiger partial charge in [-0.05, 0) is 51.3 Å². The van der Waals surface area contributed by atoms with Crippen LogP contribution in [0.25, 0.3) is 0 Å². The number of fused-ring (bicyclic) bond motifs is 1. The lowest BCUT2D eigenvalue weighted by molar-refractivity contribution is -0.163. The van der Waals surface area contributed by atoms with Gasteiger partial charge in [-0.15, -0.1) is 0 Å². The van der Waals surface area contributed by atoms with Gasteiger partial charge in [-0.3, -0.25) is 19.3 Å². The number of ether oxygens (including phenoxy) is 1. The van der Waals surface area contributed by atoms with Crippen LogP contribution < -0.4 is 5.32 Å². The molecule has 0 spiro atoms. The van der Waals surface area contributed by atoms with Gasteiger partial charge in [0, 0.05) is 10.7 Å². The third kappa shape index (κ3) is 4.19. The molecule has 1 aliphatic heterocycles. The van der Waals surface area contributed by atoms with E-state index in [4.69, 9.17) is 16.3 Å². The number of benzene rings is 1. The summed E-state index contributed by atoms with van der Waals surface area (Å²) in [5.74, 6) is -2.90. The molecular formula is C21H23ClN2O5. The average Bonchev–Trinajstić information content (AvgIpc) is 2.94. The lowest BCUT2D eigenvalue weighted by Crippen LogP contribution is -2.46. The molecule has 0 radical (unpaired) electrons. The number of hydrogen-bond donors (Lipinski definition) is 1. The van der Waals surface area contributed by atoms with E-state index in [1.54, 1.807) is 18.2 Å². The highest BCUT2D eigenvalue weighted by Gasteiger charge is 2.50. The highest BCUT2D eigenvalue weighted by molar-refractivity contribution is 6.31. The number of aryl methyl sites for hydroxylation is 1. The summed E-state index contributed by atoms with van der Waals surface area (Å²) in [5, 5.41) is 3.13. The van der Waals surface area contributed by atoms with Gasteiger partial charge in [-0.2, -0.15) is 0 Å². The van der Waals surface area contributed by atoms with Gasteiger partial charge in [0.05, 0.1) is 11.8 Å². The summed E-state index contributed by atoms with van der Waals surface area (Å²) in [6.45, 7) is 4.68. The molecule has 3 rings (SSSR count). The SMILES string of the molecule is Cc1ccc(Cl)cc1NC(=O)[C@@H](C)OC(=O)[C@H](C)N1C(=O)[C@H]2CC=CC[C@@H]2C1=O. The minimum Gasteiger partial charge on any atom is -0.451 e. The van der Waals surface area contributed by atoms with Crippen LogP contribution in [0, 0.1) is 18.8 Å². The molecule has 1 aromatic rings. The van der Waals surface area contributed by atoms with Crippen molar-refractivity contribution in [3.8, 4) is 0 Å². The van der Waals surface area contributed by atoms with Crippen molar-refractivity contribution in [1.29, 1.82) is 0 Å². The Morgan fingerprint density at radius 2 is 1.72 bits per heavy atom. The van der Waals surface area contributed by atoms with Gasteiger partial charge in [0.2, 0.25) is 11.8 Å². The van der Waals surface area contributed by atoms with Crippen LogP contribution in [0.15, 0.2) is 30.4 Å². The monoisotopic (exact) mass is 418 g/mol. The van der Waals surface area contributed by atoms with Crippen LogP contribution in [0.5, 0.6) is 0 Å². The number of halogens is 1. The maximum absolute atomic E-state index is 12.6. The molecule has 0 unspecified atom stereocenters. The molecule has 1 aromatic carbocycles. The second-order valence-corrected chi connectivity index (χ2v) is 7.84. The van der Waals surface area contributed by atoms with E-state index in [1.165, 1.54) is 13.8 Å². The number of likely N-dealkylation sites (tertiary alicyclic amines) is 1. The van der Waals surface area contributed by atoms with Crippen molar-refractivity contribution >= 4 is 41.0 Å². The summed E-state index contributed by atoms with van der Waals surface area (Å²) in [7, 11) is 0. The number of carbonyl (C=O) groups is 4. The van der Waals surface area contributed by atoms with E-state index in [2.05, 4.69) is 5.32 Å². The zero-order valence-corrected chi connectivity index (χ0v) is 17.2. The molecular weight excluding hydrogens is 396 g/mol. The van der Waals surface area contributed by atoms with Crippen molar-refractivity contribution in [3.05, 3.63) is 40.9 Å². The molecule has 1 fully saturated rings. The van der Waals surface area contributed by atoms with Gasteiger partial charge < -0.3 is 10.1 Å². The normalized spacial score (nSPS) is 22.8. The fourth-order valence-electron chi connectivity index (χ4n) is 3.60. The maximum atomic E-state index is 12.6. The third-order valence-electron chi connectivity index (χ3n) is 5.39. The second-order valence-electron chi connectivity index (χ2n) is 7.41. The van der Waals surface area contributed by atoms with Gasteiger partial charge in [-0.1, -0.05) is 29.8 Å². The van der Waals surface area contributed by atoms with Gasteiger partial charge >= 0.3 is 5.97 Å². The molecule has 154 valence electrons. The Labute approximate surface area is 174 Å². The van der Waals surface area contributed by atoms with Gasteiger partial charge in [-0.25, -0.2) is 4.79 Å². The Hall–Kier alpha value is -2.67. The molecule has 4 atom stereocenters.